The molecule has 0 aliphatic carbocycles. The summed E-state index contributed by atoms with van der Waals surface area (Å²) in [4.78, 5) is 10.9. The highest BCUT2D eigenvalue weighted by atomic mass is 35.5. The van der Waals surface area contributed by atoms with Gasteiger partial charge in [0.05, 0.1) is 5.41 Å². The number of halogens is 1. The number of rotatable bonds is 6. The van der Waals surface area contributed by atoms with Gasteiger partial charge in [-0.05, 0) is 44.5 Å². The van der Waals surface area contributed by atoms with Crippen LogP contribution in [0.1, 0.15) is 25.8 Å². The normalized spacial score (nSPS) is 11.5. The molecule has 0 radical (unpaired) electrons. The van der Waals surface area contributed by atoms with Crippen LogP contribution in [0.3, 0.4) is 0 Å². The molecule has 1 aromatic carbocycles. The highest BCUT2D eigenvalue weighted by Crippen LogP contribution is 2.19. The van der Waals surface area contributed by atoms with Crippen molar-refractivity contribution in [3.63, 3.8) is 0 Å². The molecule has 0 atom stereocenters. The Kier molecular flexibility index (Phi) is 4.97. The topological polar surface area (TPSA) is 49.3 Å². The first-order valence-corrected chi connectivity index (χ1v) is 5.98. The number of carbonyl (C=O) groups is 1. The van der Waals surface area contributed by atoms with Crippen molar-refractivity contribution >= 4 is 17.6 Å². The van der Waals surface area contributed by atoms with Crippen molar-refractivity contribution in [1.29, 1.82) is 0 Å². The molecule has 17 heavy (non-hydrogen) atoms. The second-order valence-electron chi connectivity index (χ2n) is 4.74. The molecule has 3 nitrogen and oxygen atoms in total. The second-order valence-corrected chi connectivity index (χ2v) is 5.18. The van der Waals surface area contributed by atoms with Gasteiger partial charge in [-0.3, -0.25) is 4.79 Å². The fourth-order valence-electron chi connectivity index (χ4n) is 1.34. The zero-order chi connectivity index (χ0) is 12.9. The first kappa shape index (κ1) is 14.0. The molecule has 0 saturated heterocycles. The maximum Gasteiger partial charge on any atom is 0.309 e. The van der Waals surface area contributed by atoms with E-state index in [-0.39, 0.29) is 0 Å². The Morgan fingerprint density at radius 1 is 1.35 bits per heavy atom. The molecule has 1 rings (SSSR count). The van der Waals surface area contributed by atoms with Crippen LogP contribution in [0.15, 0.2) is 24.3 Å². The smallest absolute Gasteiger partial charge is 0.309 e. The summed E-state index contributed by atoms with van der Waals surface area (Å²) in [6.45, 7) is 4.88. The number of aliphatic carboxylic acids is 1. The van der Waals surface area contributed by atoms with Crippen LogP contribution in [0, 0.1) is 5.41 Å². The Bertz CT molecular complexity index is 374. The van der Waals surface area contributed by atoms with Crippen molar-refractivity contribution in [2.45, 2.75) is 26.8 Å². The molecule has 0 unspecified atom stereocenters. The second kappa shape index (κ2) is 6.03. The van der Waals surface area contributed by atoms with E-state index < -0.39 is 11.4 Å². The summed E-state index contributed by atoms with van der Waals surface area (Å²) in [6, 6.07) is 7.61. The average molecular weight is 256 g/mol. The fraction of sp³-hybridized carbons (Fsp3) is 0.462. The van der Waals surface area contributed by atoms with Gasteiger partial charge in [0.2, 0.25) is 0 Å². The standard InChI is InChI=1S/C13H18ClNO2/c1-13(2,12(16)17)7-8-15-9-10-3-5-11(14)6-4-10/h3-6,15H,7-9H2,1-2H3,(H,16,17). The van der Waals surface area contributed by atoms with Gasteiger partial charge in [-0.2, -0.15) is 0 Å². The molecular formula is C13H18ClNO2. The van der Waals surface area contributed by atoms with Gasteiger partial charge in [-0.1, -0.05) is 23.7 Å². The van der Waals surface area contributed by atoms with Crippen LogP contribution < -0.4 is 5.32 Å². The Balaban J connectivity index is 2.29. The largest absolute Gasteiger partial charge is 0.481 e. The molecule has 0 heterocycles. The molecule has 0 amide bonds. The van der Waals surface area contributed by atoms with Gasteiger partial charge in [0.25, 0.3) is 0 Å². The molecule has 1 aromatic rings. The predicted octanol–water partition coefficient (Wildman–Crippen LogP) is 2.93. The highest BCUT2D eigenvalue weighted by Gasteiger charge is 2.25. The molecule has 0 aliphatic heterocycles. The van der Waals surface area contributed by atoms with Gasteiger partial charge in [0, 0.05) is 11.6 Å². The third kappa shape index (κ3) is 4.75. The number of hydrogen-bond acceptors (Lipinski definition) is 2. The highest BCUT2D eigenvalue weighted by molar-refractivity contribution is 6.30. The van der Waals surface area contributed by atoms with Crippen LogP contribution >= 0.6 is 11.6 Å². The van der Waals surface area contributed by atoms with Crippen LogP contribution in [-0.2, 0) is 11.3 Å². The first-order valence-electron chi connectivity index (χ1n) is 5.60. The maximum absolute atomic E-state index is 10.9. The molecule has 0 aromatic heterocycles. The fourth-order valence-corrected chi connectivity index (χ4v) is 1.47. The number of benzene rings is 1. The minimum Gasteiger partial charge on any atom is -0.481 e. The molecule has 4 heteroatoms. The van der Waals surface area contributed by atoms with Gasteiger partial charge in [0.1, 0.15) is 0 Å². The van der Waals surface area contributed by atoms with Crippen LogP contribution in [-0.4, -0.2) is 17.6 Å². The molecule has 94 valence electrons. The van der Waals surface area contributed by atoms with Crippen LogP contribution in [0.5, 0.6) is 0 Å². The lowest BCUT2D eigenvalue weighted by molar-refractivity contribution is -0.147. The quantitative estimate of drug-likeness (QED) is 0.769. The number of carboxylic acids is 1. The Labute approximate surface area is 107 Å². The summed E-state index contributed by atoms with van der Waals surface area (Å²) >= 11 is 5.78. The van der Waals surface area contributed by atoms with E-state index in [1.165, 1.54) is 0 Å². The molecule has 0 aliphatic rings. The van der Waals surface area contributed by atoms with E-state index in [9.17, 15) is 4.79 Å². The number of carboxylic acid groups (broad SMARTS) is 1. The predicted molar refractivity (Wildman–Crippen MR) is 69.2 cm³/mol. The van der Waals surface area contributed by atoms with Gasteiger partial charge in [0.15, 0.2) is 0 Å². The minimum atomic E-state index is -0.759. The summed E-state index contributed by atoms with van der Waals surface area (Å²) in [5.41, 5.74) is 0.468. The Morgan fingerprint density at radius 3 is 2.47 bits per heavy atom. The minimum absolute atomic E-state index is 0.607. The van der Waals surface area contributed by atoms with E-state index in [2.05, 4.69) is 5.32 Å². The van der Waals surface area contributed by atoms with E-state index in [0.717, 1.165) is 17.1 Å². The van der Waals surface area contributed by atoms with Crippen LogP contribution in [0.2, 0.25) is 5.02 Å². The SMILES string of the molecule is CC(C)(CCNCc1ccc(Cl)cc1)C(=O)O. The van der Waals surface area contributed by atoms with E-state index in [1.54, 1.807) is 13.8 Å². The maximum atomic E-state index is 10.9. The van der Waals surface area contributed by atoms with E-state index in [0.29, 0.717) is 13.0 Å². The monoisotopic (exact) mass is 255 g/mol. The number of nitrogens with one attached hydrogen (secondary N) is 1. The van der Waals surface area contributed by atoms with Crippen molar-refractivity contribution in [3.8, 4) is 0 Å². The summed E-state index contributed by atoms with van der Waals surface area (Å²) in [7, 11) is 0. The lowest BCUT2D eigenvalue weighted by Gasteiger charge is -2.18. The van der Waals surface area contributed by atoms with E-state index in [4.69, 9.17) is 16.7 Å². The average Bonchev–Trinajstić information content (AvgIpc) is 2.26. The first-order chi connectivity index (χ1) is 7.92. The van der Waals surface area contributed by atoms with Crippen LogP contribution in [0.4, 0.5) is 0 Å². The van der Waals surface area contributed by atoms with Gasteiger partial charge >= 0.3 is 5.97 Å². The third-order valence-corrected chi connectivity index (χ3v) is 3.00. The third-order valence-electron chi connectivity index (χ3n) is 2.75. The van der Waals surface area contributed by atoms with Gasteiger partial charge in [-0.15, -0.1) is 0 Å². The Morgan fingerprint density at radius 2 is 1.94 bits per heavy atom. The van der Waals surface area contributed by atoms with Crippen molar-refractivity contribution in [2.24, 2.45) is 5.41 Å². The molecule has 0 saturated carbocycles. The zero-order valence-electron chi connectivity index (χ0n) is 10.2. The van der Waals surface area contributed by atoms with E-state index >= 15 is 0 Å². The van der Waals surface area contributed by atoms with Gasteiger partial charge in [-0.25, -0.2) is 0 Å². The molecule has 2 N–H and O–H groups in total. The lowest BCUT2D eigenvalue weighted by atomic mass is 9.90. The van der Waals surface area contributed by atoms with Crippen molar-refractivity contribution in [2.75, 3.05) is 6.54 Å². The summed E-state index contributed by atoms with van der Waals surface area (Å²) < 4.78 is 0. The summed E-state index contributed by atoms with van der Waals surface area (Å²) in [6.07, 6.45) is 0.607. The molecular weight excluding hydrogens is 238 g/mol. The van der Waals surface area contributed by atoms with Crippen molar-refractivity contribution in [3.05, 3.63) is 34.9 Å². The zero-order valence-corrected chi connectivity index (χ0v) is 10.9. The summed E-state index contributed by atoms with van der Waals surface area (Å²) in [5.74, 6) is -0.759. The molecule has 0 fully saturated rings. The van der Waals surface area contributed by atoms with E-state index in [1.807, 2.05) is 24.3 Å². The van der Waals surface area contributed by atoms with Crippen molar-refractivity contribution in [1.82, 2.24) is 5.32 Å². The molecule has 0 bridgehead atoms. The molecule has 0 spiro atoms. The summed E-state index contributed by atoms with van der Waals surface area (Å²) in [5, 5.41) is 12.9. The lowest BCUT2D eigenvalue weighted by Crippen LogP contribution is -2.28. The van der Waals surface area contributed by atoms with Crippen LogP contribution in [0.25, 0.3) is 0 Å². The number of hydrogen-bond donors (Lipinski definition) is 2. The van der Waals surface area contributed by atoms with Crippen molar-refractivity contribution < 1.29 is 9.90 Å². The Hall–Kier alpha value is -1.06. The van der Waals surface area contributed by atoms with Gasteiger partial charge < -0.3 is 10.4 Å².